The molecule has 0 saturated heterocycles. The van der Waals surface area contributed by atoms with Crippen molar-refractivity contribution in [1.29, 1.82) is 0 Å². The van der Waals surface area contributed by atoms with Gasteiger partial charge in [-0.05, 0) is 37.1 Å². The molecule has 0 spiro atoms. The van der Waals surface area contributed by atoms with Gasteiger partial charge in [0.15, 0.2) is 0 Å². The van der Waals surface area contributed by atoms with Crippen molar-refractivity contribution in [3.63, 3.8) is 0 Å². The Morgan fingerprint density at radius 3 is 2.71 bits per heavy atom. The predicted octanol–water partition coefficient (Wildman–Crippen LogP) is 2.20. The van der Waals surface area contributed by atoms with E-state index in [1.807, 2.05) is 31.2 Å². The maximum Gasteiger partial charge on any atom is 0.251 e. The van der Waals surface area contributed by atoms with Gasteiger partial charge in [-0.3, -0.25) is 4.79 Å². The number of carbonyl (C=O) groups excluding carboxylic acids is 1. The number of benzene rings is 1. The van der Waals surface area contributed by atoms with Crippen LogP contribution in [0.5, 0.6) is 0 Å². The van der Waals surface area contributed by atoms with Crippen LogP contribution in [0.4, 0.5) is 11.5 Å². The molecule has 1 heterocycles. The number of hydrogen-bond donors (Lipinski definition) is 3. The first-order chi connectivity index (χ1) is 10.2. The molecule has 0 unspecified atom stereocenters. The standard InChI is InChI=1S/C16H20N4O/c1-12-8-11-19-15(14(12)17)18-9-5-10-20-16(21)13-6-3-2-4-7-13/h2-4,6-8,11H,5,9-10,17H2,1H3,(H,18,19)(H,20,21). The van der Waals surface area contributed by atoms with Crippen molar-refractivity contribution in [1.82, 2.24) is 10.3 Å². The van der Waals surface area contributed by atoms with E-state index in [9.17, 15) is 4.79 Å². The van der Waals surface area contributed by atoms with Crippen LogP contribution in [0.15, 0.2) is 42.6 Å². The van der Waals surface area contributed by atoms with Crippen LogP contribution in [0.25, 0.3) is 0 Å². The zero-order valence-corrected chi connectivity index (χ0v) is 12.1. The molecule has 2 rings (SSSR count). The zero-order valence-electron chi connectivity index (χ0n) is 12.1. The smallest absolute Gasteiger partial charge is 0.251 e. The molecule has 0 atom stereocenters. The Morgan fingerprint density at radius 2 is 1.95 bits per heavy atom. The number of carbonyl (C=O) groups is 1. The summed E-state index contributed by atoms with van der Waals surface area (Å²) in [6.07, 6.45) is 2.53. The average Bonchev–Trinajstić information content (AvgIpc) is 2.51. The second kappa shape index (κ2) is 7.28. The van der Waals surface area contributed by atoms with Crippen molar-refractivity contribution in [2.24, 2.45) is 0 Å². The Kier molecular flexibility index (Phi) is 5.15. The number of rotatable bonds is 6. The summed E-state index contributed by atoms with van der Waals surface area (Å²) in [7, 11) is 0. The summed E-state index contributed by atoms with van der Waals surface area (Å²) >= 11 is 0. The largest absolute Gasteiger partial charge is 0.396 e. The normalized spacial score (nSPS) is 10.1. The highest BCUT2D eigenvalue weighted by Crippen LogP contribution is 2.18. The number of aromatic nitrogens is 1. The van der Waals surface area contributed by atoms with Gasteiger partial charge in [0, 0.05) is 24.8 Å². The minimum atomic E-state index is -0.0520. The molecule has 0 aliphatic heterocycles. The van der Waals surface area contributed by atoms with Crippen molar-refractivity contribution in [2.45, 2.75) is 13.3 Å². The SMILES string of the molecule is Cc1ccnc(NCCCNC(=O)c2ccccc2)c1N. The molecule has 1 amide bonds. The lowest BCUT2D eigenvalue weighted by Gasteiger charge is -2.10. The molecule has 0 aliphatic carbocycles. The second-order valence-electron chi connectivity index (χ2n) is 4.79. The molecular formula is C16H20N4O. The van der Waals surface area contributed by atoms with Gasteiger partial charge in [-0.25, -0.2) is 4.98 Å². The first-order valence-electron chi connectivity index (χ1n) is 6.96. The lowest BCUT2D eigenvalue weighted by molar-refractivity contribution is 0.0953. The van der Waals surface area contributed by atoms with Gasteiger partial charge in [-0.15, -0.1) is 0 Å². The predicted molar refractivity (Wildman–Crippen MR) is 85.3 cm³/mol. The fourth-order valence-corrected chi connectivity index (χ4v) is 1.90. The van der Waals surface area contributed by atoms with Crippen LogP contribution in [-0.2, 0) is 0 Å². The minimum Gasteiger partial charge on any atom is -0.396 e. The fraction of sp³-hybridized carbons (Fsp3) is 0.250. The number of nitrogens with zero attached hydrogens (tertiary/aromatic N) is 1. The maximum absolute atomic E-state index is 11.8. The monoisotopic (exact) mass is 284 g/mol. The second-order valence-corrected chi connectivity index (χ2v) is 4.79. The zero-order chi connectivity index (χ0) is 15.1. The van der Waals surface area contributed by atoms with Crippen LogP contribution in [0, 0.1) is 6.92 Å². The number of nitrogens with one attached hydrogen (secondary N) is 2. The third-order valence-electron chi connectivity index (χ3n) is 3.18. The number of nitrogens with two attached hydrogens (primary N) is 1. The van der Waals surface area contributed by atoms with E-state index in [4.69, 9.17) is 5.73 Å². The van der Waals surface area contributed by atoms with Crippen molar-refractivity contribution in [3.05, 3.63) is 53.7 Å². The molecule has 1 aromatic carbocycles. The van der Waals surface area contributed by atoms with Crippen molar-refractivity contribution in [2.75, 3.05) is 24.1 Å². The van der Waals surface area contributed by atoms with Crippen molar-refractivity contribution in [3.8, 4) is 0 Å². The summed E-state index contributed by atoms with van der Waals surface area (Å²) in [6.45, 7) is 3.25. The number of pyridine rings is 1. The van der Waals surface area contributed by atoms with Gasteiger partial charge < -0.3 is 16.4 Å². The van der Waals surface area contributed by atoms with Gasteiger partial charge in [-0.1, -0.05) is 18.2 Å². The topological polar surface area (TPSA) is 80.0 Å². The molecule has 0 fully saturated rings. The molecule has 110 valence electrons. The van der Waals surface area contributed by atoms with Crippen molar-refractivity contribution >= 4 is 17.4 Å². The summed E-state index contributed by atoms with van der Waals surface area (Å²) in [5.41, 5.74) is 8.28. The van der Waals surface area contributed by atoms with Gasteiger partial charge in [-0.2, -0.15) is 0 Å². The highest BCUT2D eigenvalue weighted by atomic mass is 16.1. The lowest BCUT2D eigenvalue weighted by atomic mass is 10.2. The maximum atomic E-state index is 11.8. The van der Waals surface area contributed by atoms with E-state index in [1.54, 1.807) is 18.3 Å². The van der Waals surface area contributed by atoms with Crippen molar-refractivity contribution < 1.29 is 4.79 Å². The van der Waals surface area contributed by atoms with E-state index in [0.29, 0.717) is 30.2 Å². The van der Waals surface area contributed by atoms with Gasteiger partial charge in [0.1, 0.15) is 5.82 Å². The molecule has 5 heteroatoms. The van der Waals surface area contributed by atoms with Crippen LogP contribution in [-0.4, -0.2) is 24.0 Å². The number of aryl methyl sites for hydroxylation is 1. The van der Waals surface area contributed by atoms with Gasteiger partial charge in [0.05, 0.1) is 5.69 Å². The molecule has 2 aromatic rings. The lowest BCUT2D eigenvalue weighted by Crippen LogP contribution is -2.25. The van der Waals surface area contributed by atoms with E-state index in [0.717, 1.165) is 12.0 Å². The summed E-state index contributed by atoms with van der Waals surface area (Å²) < 4.78 is 0. The average molecular weight is 284 g/mol. The molecule has 21 heavy (non-hydrogen) atoms. The number of anilines is 2. The Hall–Kier alpha value is -2.56. The summed E-state index contributed by atoms with van der Waals surface area (Å²) in [6, 6.07) is 11.1. The van der Waals surface area contributed by atoms with Gasteiger partial charge in [0.2, 0.25) is 0 Å². The molecule has 4 N–H and O–H groups in total. The van der Waals surface area contributed by atoms with E-state index >= 15 is 0 Å². The van der Waals surface area contributed by atoms with E-state index < -0.39 is 0 Å². The number of amides is 1. The molecule has 0 aliphatic rings. The molecule has 1 aromatic heterocycles. The van der Waals surface area contributed by atoms with Crippen LogP contribution in [0.3, 0.4) is 0 Å². The Bertz CT molecular complexity index is 598. The molecule has 0 saturated carbocycles. The van der Waals surface area contributed by atoms with E-state index in [2.05, 4.69) is 15.6 Å². The molecular weight excluding hydrogens is 264 g/mol. The van der Waals surface area contributed by atoms with Crippen LogP contribution >= 0.6 is 0 Å². The van der Waals surface area contributed by atoms with E-state index in [-0.39, 0.29) is 5.91 Å². The highest BCUT2D eigenvalue weighted by Gasteiger charge is 2.04. The first-order valence-corrected chi connectivity index (χ1v) is 6.96. The molecule has 0 radical (unpaired) electrons. The highest BCUT2D eigenvalue weighted by molar-refractivity contribution is 5.94. The quantitative estimate of drug-likeness (QED) is 0.710. The number of hydrogen-bond acceptors (Lipinski definition) is 4. The molecule has 0 bridgehead atoms. The third-order valence-corrected chi connectivity index (χ3v) is 3.18. The van der Waals surface area contributed by atoms with E-state index in [1.165, 1.54) is 0 Å². The van der Waals surface area contributed by atoms with Crippen LogP contribution in [0.2, 0.25) is 0 Å². The first kappa shape index (κ1) is 14.8. The van der Waals surface area contributed by atoms with Gasteiger partial charge >= 0.3 is 0 Å². The molecule has 5 nitrogen and oxygen atoms in total. The summed E-state index contributed by atoms with van der Waals surface area (Å²) in [5, 5.41) is 6.06. The Labute approximate surface area is 124 Å². The fourth-order valence-electron chi connectivity index (χ4n) is 1.90. The number of nitrogen functional groups attached to an aromatic ring is 1. The van der Waals surface area contributed by atoms with Crippen LogP contribution in [0.1, 0.15) is 22.3 Å². The van der Waals surface area contributed by atoms with Crippen LogP contribution < -0.4 is 16.4 Å². The third kappa shape index (κ3) is 4.21. The Balaban J connectivity index is 1.71. The Morgan fingerprint density at radius 1 is 1.19 bits per heavy atom. The summed E-state index contributed by atoms with van der Waals surface area (Å²) in [4.78, 5) is 16.0. The minimum absolute atomic E-state index is 0.0520. The summed E-state index contributed by atoms with van der Waals surface area (Å²) in [5.74, 6) is 0.646. The van der Waals surface area contributed by atoms with Gasteiger partial charge in [0.25, 0.3) is 5.91 Å².